The molecule has 1 fully saturated rings. The normalized spacial score (nSPS) is 25.9. The van der Waals surface area contributed by atoms with E-state index in [1.165, 1.54) is 37.8 Å². The topological polar surface area (TPSA) is 33.3 Å². The SMILES string of the molecule is CCOc1cccc2c1NCC1CCCCCC1N2. The van der Waals surface area contributed by atoms with Crippen molar-refractivity contribution in [3.8, 4) is 5.75 Å². The van der Waals surface area contributed by atoms with Gasteiger partial charge in [0.2, 0.25) is 0 Å². The fraction of sp³-hybridized carbons (Fsp3) is 0.625. The molecule has 2 N–H and O–H groups in total. The molecule has 19 heavy (non-hydrogen) atoms. The molecule has 104 valence electrons. The van der Waals surface area contributed by atoms with E-state index in [1.807, 2.05) is 6.92 Å². The van der Waals surface area contributed by atoms with Crippen molar-refractivity contribution in [1.82, 2.24) is 0 Å². The standard InChI is InChI=1S/C16H24N2O/c1-2-19-15-10-6-9-14-16(15)17-11-12-7-4-3-5-8-13(12)18-14/h6,9-10,12-13,17-18H,2-5,7-8,11H2,1H3. The highest BCUT2D eigenvalue weighted by Gasteiger charge is 2.27. The molecule has 2 aliphatic rings. The summed E-state index contributed by atoms with van der Waals surface area (Å²) in [6.45, 7) is 3.81. The molecule has 3 rings (SSSR count). The van der Waals surface area contributed by atoms with E-state index in [-0.39, 0.29) is 0 Å². The molecule has 0 spiro atoms. The number of benzene rings is 1. The summed E-state index contributed by atoms with van der Waals surface area (Å²) in [5.74, 6) is 1.72. The molecule has 2 atom stereocenters. The third-order valence-corrected chi connectivity index (χ3v) is 4.37. The van der Waals surface area contributed by atoms with E-state index in [9.17, 15) is 0 Å². The third-order valence-electron chi connectivity index (χ3n) is 4.37. The summed E-state index contributed by atoms with van der Waals surface area (Å²) in [7, 11) is 0. The van der Waals surface area contributed by atoms with Gasteiger partial charge in [-0.1, -0.05) is 25.3 Å². The molecule has 0 bridgehead atoms. The molecule has 3 nitrogen and oxygen atoms in total. The lowest BCUT2D eigenvalue weighted by atomic mass is 9.95. The van der Waals surface area contributed by atoms with Gasteiger partial charge in [-0.05, 0) is 37.8 Å². The lowest BCUT2D eigenvalue weighted by molar-refractivity contribution is 0.342. The zero-order valence-electron chi connectivity index (χ0n) is 11.7. The molecule has 1 aromatic rings. The highest BCUT2D eigenvalue weighted by atomic mass is 16.5. The summed E-state index contributed by atoms with van der Waals surface area (Å²) >= 11 is 0. The van der Waals surface area contributed by atoms with E-state index in [4.69, 9.17) is 4.74 Å². The second-order valence-corrected chi connectivity index (χ2v) is 5.64. The Kier molecular flexibility index (Phi) is 3.81. The zero-order chi connectivity index (χ0) is 13.1. The number of hydrogen-bond donors (Lipinski definition) is 2. The molecule has 3 heteroatoms. The number of anilines is 2. The number of rotatable bonds is 2. The summed E-state index contributed by atoms with van der Waals surface area (Å²) in [5, 5.41) is 7.38. The van der Waals surface area contributed by atoms with Crippen molar-refractivity contribution in [3.05, 3.63) is 18.2 Å². The van der Waals surface area contributed by atoms with E-state index in [0.29, 0.717) is 12.6 Å². The predicted octanol–water partition coefficient (Wildman–Crippen LogP) is 3.87. The van der Waals surface area contributed by atoms with Gasteiger partial charge in [-0.25, -0.2) is 0 Å². The number of fused-ring (bicyclic) bond motifs is 2. The van der Waals surface area contributed by atoms with Gasteiger partial charge in [-0.2, -0.15) is 0 Å². The van der Waals surface area contributed by atoms with E-state index < -0.39 is 0 Å². The molecule has 0 amide bonds. The fourth-order valence-corrected chi connectivity index (χ4v) is 3.36. The van der Waals surface area contributed by atoms with Crippen LogP contribution in [0.3, 0.4) is 0 Å². The van der Waals surface area contributed by atoms with E-state index in [0.717, 1.165) is 23.9 Å². The minimum Gasteiger partial charge on any atom is -0.492 e. The predicted molar refractivity (Wildman–Crippen MR) is 80.1 cm³/mol. The Morgan fingerprint density at radius 1 is 1.21 bits per heavy atom. The van der Waals surface area contributed by atoms with Crippen LogP contribution in [0.5, 0.6) is 5.75 Å². The zero-order valence-corrected chi connectivity index (χ0v) is 11.7. The third kappa shape index (κ3) is 2.65. The maximum Gasteiger partial charge on any atom is 0.144 e. The molecule has 1 saturated carbocycles. The minimum atomic E-state index is 0.619. The summed E-state index contributed by atoms with van der Waals surface area (Å²) < 4.78 is 5.74. The van der Waals surface area contributed by atoms with E-state index >= 15 is 0 Å². The van der Waals surface area contributed by atoms with Gasteiger partial charge in [0.1, 0.15) is 11.4 Å². The van der Waals surface area contributed by atoms with Gasteiger partial charge in [0.25, 0.3) is 0 Å². The van der Waals surface area contributed by atoms with Crippen molar-refractivity contribution in [2.24, 2.45) is 5.92 Å². The molecule has 0 radical (unpaired) electrons. The van der Waals surface area contributed by atoms with Gasteiger partial charge in [-0.15, -0.1) is 0 Å². The summed E-state index contributed by atoms with van der Waals surface area (Å²) in [5.41, 5.74) is 2.36. The Labute approximate surface area is 115 Å². The first-order valence-electron chi connectivity index (χ1n) is 7.64. The average molecular weight is 260 g/mol. The fourth-order valence-electron chi connectivity index (χ4n) is 3.36. The van der Waals surface area contributed by atoms with Crippen LogP contribution in [0.15, 0.2) is 18.2 Å². The van der Waals surface area contributed by atoms with Gasteiger partial charge in [0.05, 0.1) is 12.3 Å². The van der Waals surface area contributed by atoms with Crippen LogP contribution in [0.1, 0.15) is 39.0 Å². The Morgan fingerprint density at radius 2 is 2.11 bits per heavy atom. The molecule has 1 aliphatic carbocycles. The Hall–Kier alpha value is -1.38. The molecule has 0 aromatic heterocycles. The number of nitrogens with one attached hydrogen (secondary N) is 2. The quantitative estimate of drug-likeness (QED) is 0.847. The minimum absolute atomic E-state index is 0.619. The Bertz CT molecular complexity index is 433. The summed E-state index contributed by atoms with van der Waals surface area (Å²) in [6.07, 6.45) is 6.75. The Balaban J connectivity index is 1.87. The van der Waals surface area contributed by atoms with Gasteiger partial charge in [0, 0.05) is 12.6 Å². The second-order valence-electron chi connectivity index (χ2n) is 5.64. The van der Waals surface area contributed by atoms with Crippen molar-refractivity contribution in [2.45, 2.75) is 45.1 Å². The van der Waals surface area contributed by atoms with Gasteiger partial charge in [-0.3, -0.25) is 0 Å². The molecule has 2 unspecified atom stereocenters. The van der Waals surface area contributed by atoms with Crippen LogP contribution in [0.4, 0.5) is 11.4 Å². The highest BCUT2D eigenvalue weighted by Crippen LogP contribution is 2.38. The van der Waals surface area contributed by atoms with E-state index in [2.05, 4.69) is 28.8 Å². The van der Waals surface area contributed by atoms with Crippen molar-refractivity contribution in [1.29, 1.82) is 0 Å². The van der Waals surface area contributed by atoms with Gasteiger partial charge >= 0.3 is 0 Å². The monoisotopic (exact) mass is 260 g/mol. The van der Waals surface area contributed by atoms with Crippen molar-refractivity contribution in [3.63, 3.8) is 0 Å². The Morgan fingerprint density at radius 3 is 3.00 bits per heavy atom. The first-order valence-corrected chi connectivity index (χ1v) is 7.64. The second kappa shape index (κ2) is 5.72. The van der Waals surface area contributed by atoms with Crippen LogP contribution in [-0.2, 0) is 0 Å². The van der Waals surface area contributed by atoms with Crippen LogP contribution >= 0.6 is 0 Å². The van der Waals surface area contributed by atoms with Crippen molar-refractivity contribution in [2.75, 3.05) is 23.8 Å². The molecule has 0 saturated heterocycles. The molecule has 1 aliphatic heterocycles. The molecular weight excluding hydrogens is 236 g/mol. The van der Waals surface area contributed by atoms with E-state index in [1.54, 1.807) is 0 Å². The lowest BCUT2D eigenvalue weighted by Crippen LogP contribution is -2.30. The first-order chi connectivity index (χ1) is 9.38. The maximum atomic E-state index is 5.74. The summed E-state index contributed by atoms with van der Waals surface area (Å²) in [4.78, 5) is 0. The van der Waals surface area contributed by atoms with Crippen LogP contribution in [-0.4, -0.2) is 19.2 Å². The molecule has 1 heterocycles. The van der Waals surface area contributed by atoms with Crippen molar-refractivity contribution >= 4 is 11.4 Å². The van der Waals surface area contributed by atoms with Gasteiger partial charge in [0.15, 0.2) is 0 Å². The number of para-hydroxylation sites is 1. The highest BCUT2D eigenvalue weighted by molar-refractivity contribution is 5.76. The first kappa shape index (κ1) is 12.6. The largest absolute Gasteiger partial charge is 0.492 e. The van der Waals surface area contributed by atoms with Crippen molar-refractivity contribution < 1.29 is 4.74 Å². The maximum absolute atomic E-state index is 5.74. The van der Waals surface area contributed by atoms with Crippen LogP contribution in [0, 0.1) is 5.92 Å². The van der Waals surface area contributed by atoms with Crippen LogP contribution < -0.4 is 15.4 Å². The molecule has 1 aromatic carbocycles. The lowest BCUT2D eigenvalue weighted by Gasteiger charge is -2.23. The molecular formula is C16H24N2O. The van der Waals surface area contributed by atoms with Crippen LogP contribution in [0.2, 0.25) is 0 Å². The number of ether oxygens (including phenoxy) is 1. The van der Waals surface area contributed by atoms with Crippen LogP contribution in [0.25, 0.3) is 0 Å². The number of hydrogen-bond acceptors (Lipinski definition) is 3. The summed E-state index contributed by atoms with van der Waals surface area (Å²) in [6, 6.07) is 6.92. The van der Waals surface area contributed by atoms with Gasteiger partial charge < -0.3 is 15.4 Å². The smallest absolute Gasteiger partial charge is 0.144 e. The average Bonchev–Trinajstić information content (AvgIpc) is 2.72.